The summed E-state index contributed by atoms with van der Waals surface area (Å²) in [5.41, 5.74) is 2.07. The number of phenols is 1. The maximum atomic E-state index is 14.2. The van der Waals surface area contributed by atoms with E-state index in [4.69, 9.17) is 23.2 Å². The molecule has 2 heterocycles. The number of Topliss-reactive ketones (excluding diaryl/α,β-unsaturated/α-hetero) is 1. The highest BCUT2D eigenvalue weighted by molar-refractivity contribution is 6.53. The van der Waals surface area contributed by atoms with Crippen molar-refractivity contribution in [1.82, 2.24) is 4.90 Å². The van der Waals surface area contributed by atoms with Crippen LogP contribution in [0.1, 0.15) is 41.6 Å². The highest BCUT2D eigenvalue weighted by atomic mass is 35.5. The average Bonchev–Trinajstić information content (AvgIpc) is 3.33. The molecule has 43 heavy (non-hydrogen) atoms. The molecule has 3 aromatic rings. The van der Waals surface area contributed by atoms with Gasteiger partial charge in [0.1, 0.15) is 5.75 Å². The standard InChI is InChI=1S/C33H26Cl2N2O6/c1-16(38)17-7-9-18(10-8-17)37-28(40)23-12-11-22-24(26(23)29(37)41)15-32(34)30(42)36(2)31(43)33(32,35)27(22)21-13-14-25(39)20-6-4-3-5-19(20)21/h3-11,13-14,23-24,26-27,39H,12,15H2,1-2H3/t23-,24+,26-,27-,32+,33-/m0/s1. The van der Waals surface area contributed by atoms with Gasteiger partial charge in [-0.15, -0.1) is 23.2 Å². The zero-order valence-electron chi connectivity index (χ0n) is 23.2. The molecule has 4 amide bonds. The number of benzene rings is 3. The van der Waals surface area contributed by atoms with Crippen molar-refractivity contribution in [3.05, 3.63) is 83.4 Å². The van der Waals surface area contributed by atoms with Gasteiger partial charge in [-0.1, -0.05) is 42.0 Å². The number of anilines is 1. The van der Waals surface area contributed by atoms with Crippen LogP contribution in [0.5, 0.6) is 5.75 Å². The molecule has 218 valence electrons. The lowest BCUT2D eigenvalue weighted by Crippen LogP contribution is -2.60. The Morgan fingerprint density at radius 3 is 2.23 bits per heavy atom. The highest BCUT2D eigenvalue weighted by Crippen LogP contribution is 2.66. The minimum atomic E-state index is -1.91. The molecular formula is C33H26Cl2N2O6. The van der Waals surface area contributed by atoms with Crippen LogP contribution in [-0.4, -0.2) is 56.2 Å². The lowest BCUT2D eigenvalue weighted by atomic mass is 9.56. The van der Waals surface area contributed by atoms with Gasteiger partial charge in [-0.05, 0) is 67.0 Å². The van der Waals surface area contributed by atoms with E-state index in [1.54, 1.807) is 54.6 Å². The van der Waals surface area contributed by atoms with Gasteiger partial charge < -0.3 is 5.11 Å². The van der Waals surface area contributed by atoms with Crippen LogP contribution < -0.4 is 4.90 Å². The summed E-state index contributed by atoms with van der Waals surface area (Å²) in [6, 6.07) is 16.6. The largest absolute Gasteiger partial charge is 0.507 e. The van der Waals surface area contributed by atoms with Crippen LogP contribution in [0.3, 0.4) is 0 Å². The molecule has 0 unspecified atom stereocenters. The van der Waals surface area contributed by atoms with Gasteiger partial charge in [-0.3, -0.25) is 33.8 Å². The molecule has 7 rings (SSSR count). The number of imide groups is 2. The molecule has 10 heteroatoms. The zero-order chi connectivity index (χ0) is 30.6. The number of carbonyl (C=O) groups is 5. The summed E-state index contributed by atoms with van der Waals surface area (Å²) in [7, 11) is 1.35. The van der Waals surface area contributed by atoms with Crippen molar-refractivity contribution in [2.75, 3.05) is 11.9 Å². The number of nitrogens with zero attached hydrogens (tertiary/aromatic N) is 2. The summed E-state index contributed by atoms with van der Waals surface area (Å²) in [5.74, 6) is -5.31. The lowest BCUT2D eigenvalue weighted by molar-refractivity contribution is -0.138. The third kappa shape index (κ3) is 3.48. The van der Waals surface area contributed by atoms with E-state index < -0.39 is 51.1 Å². The van der Waals surface area contributed by atoms with E-state index >= 15 is 0 Å². The normalized spacial score (nSPS) is 31.7. The first-order chi connectivity index (χ1) is 20.4. The van der Waals surface area contributed by atoms with Crippen molar-refractivity contribution < 1.29 is 29.1 Å². The number of halogens is 2. The van der Waals surface area contributed by atoms with Crippen molar-refractivity contribution in [3.63, 3.8) is 0 Å². The van der Waals surface area contributed by atoms with Gasteiger partial charge in [-0.25, -0.2) is 0 Å². The molecule has 2 aliphatic heterocycles. The van der Waals surface area contributed by atoms with Gasteiger partial charge in [0.15, 0.2) is 15.5 Å². The number of aromatic hydroxyl groups is 1. The first-order valence-electron chi connectivity index (χ1n) is 14.0. The van der Waals surface area contributed by atoms with Crippen molar-refractivity contribution in [1.29, 1.82) is 0 Å². The molecule has 4 aliphatic rings. The predicted molar refractivity (Wildman–Crippen MR) is 160 cm³/mol. The minimum Gasteiger partial charge on any atom is -0.507 e. The van der Waals surface area contributed by atoms with Gasteiger partial charge in [0.25, 0.3) is 11.8 Å². The van der Waals surface area contributed by atoms with E-state index in [2.05, 4.69) is 0 Å². The van der Waals surface area contributed by atoms with Crippen LogP contribution >= 0.6 is 23.2 Å². The number of rotatable bonds is 3. The molecule has 1 N–H and O–H groups in total. The fourth-order valence-corrected chi connectivity index (χ4v) is 8.76. The molecule has 8 nitrogen and oxygen atoms in total. The Kier molecular flexibility index (Phi) is 5.98. The maximum Gasteiger partial charge on any atom is 0.253 e. The zero-order valence-corrected chi connectivity index (χ0v) is 24.7. The molecule has 3 fully saturated rings. The Morgan fingerprint density at radius 1 is 0.884 bits per heavy atom. The van der Waals surface area contributed by atoms with Gasteiger partial charge in [0.05, 0.1) is 17.5 Å². The molecular weight excluding hydrogens is 591 g/mol. The molecule has 2 saturated heterocycles. The highest BCUT2D eigenvalue weighted by Gasteiger charge is 2.76. The minimum absolute atomic E-state index is 0.0408. The van der Waals surface area contributed by atoms with Crippen LogP contribution in [0.4, 0.5) is 5.69 Å². The second kappa shape index (κ2) is 9.24. The number of fused-ring (bicyclic) bond motifs is 5. The number of amides is 4. The monoisotopic (exact) mass is 616 g/mol. The van der Waals surface area contributed by atoms with Gasteiger partial charge in [-0.2, -0.15) is 0 Å². The number of allylic oxidation sites excluding steroid dienone is 2. The molecule has 1 saturated carbocycles. The van der Waals surface area contributed by atoms with Crippen molar-refractivity contribution >= 4 is 69.1 Å². The number of hydrogen-bond donors (Lipinski definition) is 1. The molecule has 2 aliphatic carbocycles. The summed E-state index contributed by atoms with van der Waals surface area (Å²) >= 11 is 14.6. The molecule has 0 radical (unpaired) electrons. The Morgan fingerprint density at radius 2 is 1.56 bits per heavy atom. The van der Waals surface area contributed by atoms with Crippen LogP contribution in [0.25, 0.3) is 10.8 Å². The second-order valence-corrected chi connectivity index (χ2v) is 13.1. The molecule has 3 aromatic carbocycles. The number of alkyl halides is 2. The Hall–Kier alpha value is -4.01. The van der Waals surface area contributed by atoms with Crippen LogP contribution in [0, 0.1) is 17.8 Å². The number of ketones is 1. The number of likely N-dealkylation sites (tertiary alicyclic amines) is 1. The van der Waals surface area contributed by atoms with Crippen molar-refractivity contribution in [3.8, 4) is 5.75 Å². The number of carbonyl (C=O) groups excluding carboxylic acids is 5. The van der Waals surface area contributed by atoms with Crippen LogP contribution in [-0.2, 0) is 19.2 Å². The molecule has 0 bridgehead atoms. The quantitative estimate of drug-likeness (QED) is 0.193. The second-order valence-electron chi connectivity index (χ2n) is 11.8. The van der Waals surface area contributed by atoms with Gasteiger partial charge >= 0.3 is 0 Å². The molecule has 0 spiro atoms. The molecule has 0 aromatic heterocycles. The fraction of sp³-hybridized carbons (Fsp3) is 0.303. The number of hydrogen-bond acceptors (Lipinski definition) is 6. The smallest absolute Gasteiger partial charge is 0.253 e. The Balaban J connectivity index is 1.40. The number of phenolic OH excluding ortho intramolecular Hbond substituents is 1. The van der Waals surface area contributed by atoms with E-state index in [1.807, 2.05) is 6.08 Å². The first-order valence-corrected chi connectivity index (χ1v) is 14.8. The van der Waals surface area contributed by atoms with E-state index in [1.165, 1.54) is 20.0 Å². The SMILES string of the molecule is CC(=O)c1ccc(N2C(=O)[C@H]3[C@H](CC=C4[C@H]3C[C@@]3(Cl)C(=O)N(C)C(=O)[C@@]3(Cl)[C@H]4c3ccc(O)c4ccccc34)C2=O)cc1. The van der Waals surface area contributed by atoms with Gasteiger partial charge in [0.2, 0.25) is 11.8 Å². The van der Waals surface area contributed by atoms with Crippen molar-refractivity contribution in [2.24, 2.45) is 17.8 Å². The summed E-state index contributed by atoms with van der Waals surface area (Å²) < 4.78 is 0. The predicted octanol–water partition coefficient (Wildman–Crippen LogP) is 4.94. The summed E-state index contributed by atoms with van der Waals surface area (Å²) in [5, 5.41) is 11.8. The molecule has 6 atom stereocenters. The maximum absolute atomic E-state index is 14.2. The van der Waals surface area contributed by atoms with Crippen LogP contribution in [0.2, 0.25) is 0 Å². The van der Waals surface area contributed by atoms with E-state index in [-0.39, 0.29) is 30.3 Å². The lowest BCUT2D eigenvalue weighted by Gasteiger charge is -2.51. The van der Waals surface area contributed by atoms with Crippen LogP contribution in [0.15, 0.2) is 72.3 Å². The summed E-state index contributed by atoms with van der Waals surface area (Å²) in [4.78, 5) is 65.5. The third-order valence-electron chi connectivity index (χ3n) is 9.79. The van der Waals surface area contributed by atoms with Gasteiger partial charge in [0, 0.05) is 23.9 Å². The van der Waals surface area contributed by atoms with Crippen molar-refractivity contribution in [2.45, 2.75) is 35.4 Å². The summed E-state index contributed by atoms with van der Waals surface area (Å²) in [6.07, 6.45) is 2.00. The van der Waals surface area contributed by atoms with E-state index in [0.717, 1.165) is 9.80 Å². The Labute approximate surface area is 256 Å². The first kappa shape index (κ1) is 27.8. The van der Waals surface area contributed by atoms with E-state index in [0.29, 0.717) is 33.2 Å². The van der Waals surface area contributed by atoms with E-state index in [9.17, 15) is 29.1 Å². The third-order valence-corrected chi connectivity index (χ3v) is 11.2. The fourth-order valence-electron chi connectivity index (χ4n) is 7.75. The average molecular weight is 617 g/mol. The summed E-state index contributed by atoms with van der Waals surface area (Å²) in [6.45, 7) is 1.44. The Bertz CT molecular complexity index is 1840. The topological polar surface area (TPSA) is 112 Å².